The highest BCUT2D eigenvalue weighted by atomic mass is 35.5. The molecule has 2 fully saturated rings. The van der Waals surface area contributed by atoms with E-state index in [0.717, 1.165) is 0 Å². The number of rotatable bonds is 5. The standard InChI is InChI=1S/C18H17ClN4O5S.C2HF3O2/c19-15-5-12(21-7-14-3-2-13(6-20)28-14)1-4-16(15)29(25,26)23-10-18(11-23)9-22-17(24)8-27-18;3-2(4,5)1(6)7/h1-5,21H,7-11H2,(H,22,24);(H,6,7). The first-order chi connectivity index (χ1) is 16.8. The Hall–Kier alpha value is -3.32. The molecule has 2 aliphatic rings. The van der Waals surface area contributed by atoms with Crippen molar-refractivity contribution in [3.05, 3.63) is 46.9 Å². The van der Waals surface area contributed by atoms with Crippen molar-refractivity contribution in [3.63, 3.8) is 0 Å². The van der Waals surface area contributed by atoms with Crippen LogP contribution in [-0.4, -0.2) is 67.7 Å². The first kappa shape index (κ1) is 27.3. The van der Waals surface area contributed by atoms with Crippen LogP contribution >= 0.6 is 11.6 Å². The zero-order valence-corrected chi connectivity index (χ0v) is 19.7. The molecule has 0 aliphatic carbocycles. The van der Waals surface area contributed by atoms with Crippen LogP contribution in [0.25, 0.3) is 0 Å². The third-order valence-electron chi connectivity index (χ3n) is 5.08. The number of carboxylic acid groups (broad SMARTS) is 1. The number of alkyl halides is 3. The second-order valence-electron chi connectivity index (χ2n) is 7.70. The molecule has 36 heavy (non-hydrogen) atoms. The zero-order valence-electron chi connectivity index (χ0n) is 18.1. The number of furan rings is 1. The van der Waals surface area contributed by atoms with Gasteiger partial charge in [0, 0.05) is 25.3 Å². The number of benzene rings is 1. The number of nitrogens with one attached hydrogen (secondary N) is 2. The van der Waals surface area contributed by atoms with Crippen molar-refractivity contribution >= 4 is 39.2 Å². The van der Waals surface area contributed by atoms with Crippen LogP contribution in [-0.2, 0) is 30.9 Å². The molecule has 0 saturated carbocycles. The summed E-state index contributed by atoms with van der Waals surface area (Å²) in [6.45, 7) is 0.856. The second-order valence-corrected chi connectivity index (χ2v) is 10.0. The minimum absolute atomic E-state index is 0.00387. The molecule has 2 aliphatic heterocycles. The third-order valence-corrected chi connectivity index (χ3v) is 7.35. The predicted molar refractivity (Wildman–Crippen MR) is 116 cm³/mol. The summed E-state index contributed by atoms with van der Waals surface area (Å²) in [4.78, 5) is 20.1. The quantitative estimate of drug-likeness (QED) is 0.505. The van der Waals surface area contributed by atoms with Gasteiger partial charge in [-0.25, -0.2) is 13.2 Å². The number of sulfonamides is 1. The van der Waals surface area contributed by atoms with Gasteiger partial charge in [-0.05, 0) is 30.3 Å². The van der Waals surface area contributed by atoms with Crippen LogP contribution in [0.5, 0.6) is 0 Å². The van der Waals surface area contributed by atoms with E-state index >= 15 is 0 Å². The Bertz CT molecular complexity index is 1290. The number of amides is 1. The smallest absolute Gasteiger partial charge is 0.475 e. The highest BCUT2D eigenvalue weighted by molar-refractivity contribution is 7.89. The predicted octanol–water partition coefficient (Wildman–Crippen LogP) is 1.94. The summed E-state index contributed by atoms with van der Waals surface area (Å²) in [5, 5.41) is 21.7. The number of halogens is 4. The number of carboxylic acids is 1. The Labute approximate surface area is 207 Å². The summed E-state index contributed by atoms with van der Waals surface area (Å²) in [5.74, 6) is -2.18. The lowest BCUT2D eigenvalue weighted by Gasteiger charge is -2.50. The van der Waals surface area contributed by atoms with Crippen LogP contribution in [0.15, 0.2) is 39.6 Å². The monoisotopic (exact) mass is 550 g/mol. The lowest BCUT2D eigenvalue weighted by Crippen LogP contribution is -2.71. The van der Waals surface area contributed by atoms with Crippen molar-refractivity contribution in [1.82, 2.24) is 9.62 Å². The fourth-order valence-corrected chi connectivity index (χ4v) is 5.34. The van der Waals surface area contributed by atoms with Crippen molar-refractivity contribution in [3.8, 4) is 6.07 Å². The number of nitriles is 1. The molecule has 0 radical (unpaired) electrons. The molecule has 1 aromatic carbocycles. The number of nitrogens with zero attached hydrogens (tertiary/aromatic N) is 2. The van der Waals surface area contributed by atoms with Gasteiger partial charge in [-0.3, -0.25) is 4.79 Å². The fraction of sp³-hybridized carbons (Fsp3) is 0.350. The maximum absolute atomic E-state index is 12.9. The molecule has 11 nitrogen and oxygen atoms in total. The number of anilines is 1. The molecule has 0 bridgehead atoms. The summed E-state index contributed by atoms with van der Waals surface area (Å²) >= 11 is 6.24. The molecule has 2 aromatic rings. The van der Waals surface area contributed by atoms with Crippen molar-refractivity contribution in [2.45, 2.75) is 23.2 Å². The summed E-state index contributed by atoms with van der Waals surface area (Å²) in [7, 11) is -3.78. The summed E-state index contributed by atoms with van der Waals surface area (Å²) in [6.07, 6.45) is -5.08. The minimum Gasteiger partial charge on any atom is -0.475 e. The molecule has 194 valence electrons. The number of ether oxygens (including phenoxy) is 1. The molecule has 0 unspecified atom stereocenters. The molecule has 4 rings (SSSR count). The minimum atomic E-state index is -5.08. The van der Waals surface area contributed by atoms with Crippen LogP contribution in [0.4, 0.5) is 18.9 Å². The van der Waals surface area contributed by atoms with E-state index in [1.807, 2.05) is 6.07 Å². The van der Waals surface area contributed by atoms with Gasteiger partial charge in [-0.15, -0.1) is 0 Å². The summed E-state index contributed by atoms with van der Waals surface area (Å²) in [5.41, 5.74) is -0.0532. The Morgan fingerprint density at radius 1 is 1.31 bits per heavy atom. The van der Waals surface area contributed by atoms with Gasteiger partial charge in [0.1, 0.15) is 28.9 Å². The van der Waals surface area contributed by atoms with Crippen LogP contribution in [0.1, 0.15) is 11.5 Å². The molecule has 2 saturated heterocycles. The van der Waals surface area contributed by atoms with Gasteiger partial charge >= 0.3 is 12.1 Å². The molecule has 1 amide bonds. The number of hydrogen-bond donors (Lipinski definition) is 3. The average molecular weight is 551 g/mol. The Balaban J connectivity index is 0.000000454. The Kier molecular flexibility index (Phi) is 7.84. The normalized spacial score (nSPS) is 17.2. The highest BCUT2D eigenvalue weighted by Crippen LogP contribution is 2.35. The SMILES string of the molecule is N#Cc1ccc(CNc2ccc(S(=O)(=O)N3CC4(CNC(=O)CO4)C3)c(Cl)c2)o1.O=C(O)C(F)(F)F. The molecule has 0 atom stereocenters. The van der Waals surface area contributed by atoms with Crippen molar-refractivity contribution in [2.75, 3.05) is 31.6 Å². The molecular weight excluding hydrogens is 533 g/mol. The van der Waals surface area contributed by atoms with E-state index in [1.54, 1.807) is 18.2 Å². The van der Waals surface area contributed by atoms with Crippen molar-refractivity contribution in [2.24, 2.45) is 0 Å². The highest BCUT2D eigenvalue weighted by Gasteiger charge is 2.51. The van der Waals surface area contributed by atoms with Crippen LogP contribution < -0.4 is 10.6 Å². The zero-order chi connectivity index (χ0) is 26.7. The average Bonchev–Trinajstić information content (AvgIpc) is 3.24. The van der Waals surface area contributed by atoms with E-state index < -0.39 is 27.8 Å². The van der Waals surface area contributed by atoms with Crippen LogP contribution in [0.2, 0.25) is 5.02 Å². The lowest BCUT2D eigenvalue weighted by atomic mass is 9.95. The maximum Gasteiger partial charge on any atom is 0.490 e. The van der Waals surface area contributed by atoms with Gasteiger partial charge in [0.05, 0.1) is 11.6 Å². The number of carbonyl (C=O) groups excluding carboxylic acids is 1. The number of carbonyl (C=O) groups is 2. The maximum atomic E-state index is 12.9. The van der Waals surface area contributed by atoms with E-state index in [2.05, 4.69) is 10.6 Å². The van der Waals surface area contributed by atoms with Gasteiger partial charge < -0.3 is 24.9 Å². The largest absolute Gasteiger partial charge is 0.490 e. The van der Waals surface area contributed by atoms with E-state index in [1.165, 1.54) is 16.4 Å². The Morgan fingerprint density at radius 3 is 2.47 bits per heavy atom. The first-order valence-corrected chi connectivity index (χ1v) is 11.8. The molecule has 16 heteroatoms. The van der Waals surface area contributed by atoms with Gasteiger partial charge in [-0.2, -0.15) is 22.7 Å². The summed E-state index contributed by atoms with van der Waals surface area (Å²) < 4.78 is 69.6. The van der Waals surface area contributed by atoms with E-state index in [-0.39, 0.29) is 47.8 Å². The van der Waals surface area contributed by atoms with E-state index in [9.17, 15) is 26.4 Å². The first-order valence-electron chi connectivity index (χ1n) is 9.99. The van der Waals surface area contributed by atoms with Crippen LogP contribution in [0, 0.1) is 11.3 Å². The fourth-order valence-electron chi connectivity index (χ4n) is 3.23. The molecule has 1 aromatic heterocycles. The molecular formula is C20H18ClF3N4O7S. The van der Waals surface area contributed by atoms with Gasteiger partial charge in [0.25, 0.3) is 0 Å². The summed E-state index contributed by atoms with van der Waals surface area (Å²) in [6, 6.07) is 9.74. The number of hydrogen-bond acceptors (Lipinski definition) is 8. The van der Waals surface area contributed by atoms with E-state index in [0.29, 0.717) is 18.0 Å². The topological polar surface area (TPSA) is 162 Å². The van der Waals surface area contributed by atoms with Gasteiger partial charge in [0.15, 0.2) is 0 Å². The van der Waals surface area contributed by atoms with Gasteiger partial charge in [0.2, 0.25) is 21.7 Å². The van der Waals surface area contributed by atoms with Crippen molar-refractivity contribution < 1.29 is 45.4 Å². The lowest BCUT2D eigenvalue weighted by molar-refractivity contribution is -0.192. The van der Waals surface area contributed by atoms with Crippen molar-refractivity contribution in [1.29, 1.82) is 5.26 Å². The second kappa shape index (κ2) is 10.3. The number of morpholine rings is 1. The Morgan fingerprint density at radius 2 is 1.97 bits per heavy atom. The van der Waals surface area contributed by atoms with Gasteiger partial charge in [-0.1, -0.05) is 11.6 Å². The number of aliphatic carboxylic acids is 1. The third kappa shape index (κ3) is 6.26. The molecule has 3 heterocycles. The molecule has 3 N–H and O–H groups in total. The molecule has 1 spiro atoms. The van der Waals surface area contributed by atoms with E-state index in [4.69, 9.17) is 35.9 Å². The van der Waals surface area contributed by atoms with Crippen LogP contribution in [0.3, 0.4) is 0 Å².